The molecule has 0 N–H and O–H groups in total. The normalized spacial score (nSPS) is 15.6. The van der Waals surface area contributed by atoms with Gasteiger partial charge in [-0.05, 0) is 45.1 Å². The van der Waals surface area contributed by atoms with Gasteiger partial charge in [0.2, 0.25) is 0 Å². The molecule has 3 rings (SSSR count). The van der Waals surface area contributed by atoms with Gasteiger partial charge in [0.1, 0.15) is 5.60 Å². The zero-order chi connectivity index (χ0) is 19.4. The summed E-state index contributed by atoms with van der Waals surface area (Å²) in [6.45, 7) is 7.54. The molecule has 1 saturated heterocycles. The van der Waals surface area contributed by atoms with Crippen molar-refractivity contribution >= 4 is 6.09 Å². The Hall–Kier alpha value is -2.63. The number of hydrogen-bond donors (Lipinski definition) is 0. The number of rotatable bonds is 3. The Balaban J connectivity index is 1.63. The predicted molar refractivity (Wildman–Crippen MR) is 104 cm³/mol. The molecule has 6 nitrogen and oxygen atoms in total. The van der Waals surface area contributed by atoms with E-state index in [1.54, 1.807) is 22.0 Å². The van der Waals surface area contributed by atoms with E-state index in [1.165, 1.54) is 0 Å². The molecule has 27 heavy (non-hydrogen) atoms. The number of carbonyl (C=O) groups excluding carboxylic acids is 1. The average Bonchev–Trinajstić information content (AvgIpc) is 2.63. The van der Waals surface area contributed by atoms with Gasteiger partial charge in [-0.2, -0.15) is 0 Å². The molecule has 0 spiro atoms. The molecule has 0 radical (unpaired) electrons. The predicted octanol–water partition coefficient (Wildman–Crippen LogP) is 3.56. The first kappa shape index (κ1) is 19.1. The first-order valence-corrected chi connectivity index (χ1v) is 9.41. The summed E-state index contributed by atoms with van der Waals surface area (Å²) in [5.74, 6) is 0.342. The van der Waals surface area contributed by atoms with Crippen molar-refractivity contribution in [1.29, 1.82) is 0 Å². The molecule has 1 aliphatic heterocycles. The van der Waals surface area contributed by atoms with Gasteiger partial charge in [-0.15, -0.1) is 0 Å². The number of piperidine rings is 1. The van der Waals surface area contributed by atoms with E-state index in [9.17, 15) is 9.59 Å². The van der Waals surface area contributed by atoms with Crippen LogP contribution in [0.15, 0.2) is 47.7 Å². The Morgan fingerprint density at radius 3 is 2.48 bits per heavy atom. The average molecular weight is 369 g/mol. The lowest BCUT2D eigenvalue weighted by molar-refractivity contribution is 0.0178. The van der Waals surface area contributed by atoms with E-state index >= 15 is 0 Å². The summed E-state index contributed by atoms with van der Waals surface area (Å²) in [7, 11) is 0. The molecule has 1 fully saturated rings. The van der Waals surface area contributed by atoms with Crippen LogP contribution >= 0.6 is 0 Å². The summed E-state index contributed by atoms with van der Waals surface area (Å²) in [5.41, 5.74) is 0.990. The number of hydrogen-bond acceptors (Lipinski definition) is 4. The van der Waals surface area contributed by atoms with E-state index in [2.05, 4.69) is 4.98 Å². The second-order valence-corrected chi connectivity index (χ2v) is 8.04. The van der Waals surface area contributed by atoms with E-state index in [-0.39, 0.29) is 11.7 Å². The smallest absolute Gasteiger partial charge is 0.410 e. The third-order valence-corrected chi connectivity index (χ3v) is 4.71. The Kier molecular flexibility index (Phi) is 5.63. The van der Waals surface area contributed by atoms with Crippen molar-refractivity contribution in [2.75, 3.05) is 13.1 Å². The monoisotopic (exact) mass is 369 g/mol. The maximum Gasteiger partial charge on any atom is 0.410 e. The fourth-order valence-corrected chi connectivity index (χ4v) is 3.30. The molecule has 6 heteroatoms. The highest BCUT2D eigenvalue weighted by Crippen LogP contribution is 2.21. The van der Waals surface area contributed by atoms with Crippen molar-refractivity contribution in [3.8, 4) is 11.1 Å². The van der Waals surface area contributed by atoms with Crippen molar-refractivity contribution < 1.29 is 9.53 Å². The Morgan fingerprint density at radius 2 is 1.85 bits per heavy atom. The third-order valence-electron chi connectivity index (χ3n) is 4.71. The van der Waals surface area contributed by atoms with Gasteiger partial charge < -0.3 is 9.64 Å². The van der Waals surface area contributed by atoms with Crippen LogP contribution in [0.4, 0.5) is 4.79 Å². The van der Waals surface area contributed by atoms with E-state index in [4.69, 9.17) is 4.74 Å². The van der Waals surface area contributed by atoms with Gasteiger partial charge in [-0.1, -0.05) is 30.3 Å². The first-order valence-electron chi connectivity index (χ1n) is 9.41. The van der Waals surface area contributed by atoms with Crippen molar-refractivity contribution in [1.82, 2.24) is 14.5 Å². The molecule has 144 valence electrons. The third kappa shape index (κ3) is 4.96. The summed E-state index contributed by atoms with van der Waals surface area (Å²) in [5, 5.41) is 0. The molecule has 1 amide bonds. The van der Waals surface area contributed by atoms with Crippen LogP contribution < -0.4 is 5.56 Å². The number of benzene rings is 1. The van der Waals surface area contributed by atoms with Gasteiger partial charge in [0, 0.05) is 25.8 Å². The van der Waals surface area contributed by atoms with Crippen LogP contribution in [0.3, 0.4) is 0 Å². The quantitative estimate of drug-likeness (QED) is 0.830. The number of likely N-dealkylation sites (tertiary alicyclic amines) is 1. The molecule has 0 saturated carbocycles. The maximum absolute atomic E-state index is 12.8. The SMILES string of the molecule is CC(C)(C)OC(=O)N1CCC(Cn2cncc(-c3ccccc3)c2=O)CC1. The zero-order valence-electron chi connectivity index (χ0n) is 16.2. The van der Waals surface area contributed by atoms with Gasteiger partial charge in [0.05, 0.1) is 11.9 Å². The van der Waals surface area contributed by atoms with Crippen LogP contribution in [-0.2, 0) is 11.3 Å². The van der Waals surface area contributed by atoms with Crippen LogP contribution in [0.1, 0.15) is 33.6 Å². The summed E-state index contributed by atoms with van der Waals surface area (Å²) in [6, 6.07) is 9.60. The number of amides is 1. The minimum atomic E-state index is -0.481. The summed E-state index contributed by atoms with van der Waals surface area (Å²) < 4.78 is 7.13. The Morgan fingerprint density at radius 1 is 1.19 bits per heavy atom. The molecule has 1 aromatic heterocycles. The highest BCUT2D eigenvalue weighted by atomic mass is 16.6. The van der Waals surface area contributed by atoms with Gasteiger partial charge >= 0.3 is 6.09 Å². The molecule has 0 atom stereocenters. The number of aromatic nitrogens is 2. The van der Waals surface area contributed by atoms with Crippen LogP contribution in [0.5, 0.6) is 0 Å². The first-order chi connectivity index (χ1) is 12.8. The second kappa shape index (κ2) is 7.94. The molecule has 0 aliphatic carbocycles. The number of carbonyl (C=O) groups is 1. The van der Waals surface area contributed by atoms with Crippen molar-refractivity contribution in [3.63, 3.8) is 0 Å². The Labute approximate surface area is 159 Å². The van der Waals surface area contributed by atoms with E-state index in [0.29, 0.717) is 31.1 Å². The second-order valence-electron chi connectivity index (χ2n) is 8.04. The fraction of sp³-hybridized carbons (Fsp3) is 0.476. The van der Waals surface area contributed by atoms with Crippen LogP contribution in [0, 0.1) is 5.92 Å². The molecule has 2 aromatic rings. The molecule has 1 aromatic carbocycles. The van der Waals surface area contributed by atoms with Gasteiger partial charge in [-0.25, -0.2) is 9.78 Å². The molecule has 2 heterocycles. The minimum Gasteiger partial charge on any atom is -0.444 e. The van der Waals surface area contributed by atoms with Gasteiger partial charge in [0.25, 0.3) is 5.56 Å². The molecule has 0 bridgehead atoms. The highest BCUT2D eigenvalue weighted by Gasteiger charge is 2.27. The number of ether oxygens (including phenoxy) is 1. The van der Waals surface area contributed by atoms with Crippen LogP contribution in [0.25, 0.3) is 11.1 Å². The van der Waals surface area contributed by atoms with Crippen molar-refractivity contribution in [2.45, 2.75) is 45.8 Å². The van der Waals surface area contributed by atoms with Crippen molar-refractivity contribution in [2.24, 2.45) is 5.92 Å². The fourth-order valence-electron chi connectivity index (χ4n) is 3.30. The van der Waals surface area contributed by atoms with Crippen molar-refractivity contribution in [3.05, 3.63) is 53.2 Å². The number of nitrogens with zero attached hydrogens (tertiary/aromatic N) is 3. The molecule has 1 aliphatic rings. The van der Waals surface area contributed by atoms with Crippen LogP contribution in [0.2, 0.25) is 0 Å². The van der Waals surface area contributed by atoms with Gasteiger partial charge in [-0.3, -0.25) is 9.36 Å². The molecule has 0 unspecified atom stereocenters. The zero-order valence-corrected chi connectivity index (χ0v) is 16.2. The van der Waals surface area contributed by atoms with Crippen LogP contribution in [-0.4, -0.2) is 39.2 Å². The standard InChI is InChI=1S/C21H27N3O3/c1-21(2,3)27-20(26)23-11-9-16(10-12-23)14-24-15-22-13-18(19(24)25)17-7-5-4-6-8-17/h4-8,13,15-16H,9-12,14H2,1-3H3. The maximum atomic E-state index is 12.8. The van der Waals surface area contributed by atoms with Gasteiger partial charge in [0.15, 0.2) is 0 Å². The molecular weight excluding hydrogens is 342 g/mol. The molecular formula is C21H27N3O3. The lowest BCUT2D eigenvalue weighted by atomic mass is 9.97. The lowest BCUT2D eigenvalue weighted by Gasteiger charge is -2.33. The lowest BCUT2D eigenvalue weighted by Crippen LogP contribution is -2.42. The summed E-state index contributed by atoms with van der Waals surface area (Å²) in [4.78, 5) is 31.0. The summed E-state index contributed by atoms with van der Waals surface area (Å²) in [6.07, 6.45) is 4.67. The topological polar surface area (TPSA) is 64.4 Å². The largest absolute Gasteiger partial charge is 0.444 e. The van der Waals surface area contributed by atoms with E-state index in [0.717, 1.165) is 18.4 Å². The summed E-state index contributed by atoms with van der Waals surface area (Å²) >= 11 is 0. The van der Waals surface area contributed by atoms with E-state index in [1.807, 2.05) is 51.1 Å². The minimum absolute atomic E-state index is 0.0224. The highest BCUT2D eigenvalue weighted by molar-refractivity contribution is 5.68. The Bertz CT molecular complexity index is 832. The van der Waals surface area contributed by atoms with E-state index < -0.39 is 5.60 Å².